The van der Waals surface area contributed by atoms with Crippen LogP contribution in [0.15, 0.2) is 29.0 Å². The monoisotopic (exact) mass is 456 g/mol. The highest BCUT2D eigenvalue weighted by Gasteiger charge is 2.64. The molecule has 3 aliphatic rings. The molecule has 10 nitrogen and oxygen atoms in total. The molecular weight excluding hydrogens is 432 g/mol. The minimum absolute atomic E-state index is 0.0290. The summed E-state index contributed by atoms with van der Waals surface area (Å²) in [5, 5.41) is 43.6. The molecule has 10 heteroatoms. The quantitative estimate of drug-likeness (QED) is 0.313. The van der Waals surface area contributed by atoms with Gasteiger partial charge in [-0.05, 0) is 57.5 Å². The Kier molecular flexibility index (Phi) is 4.99. The average molecular weight is 456 g/mol. The number of rotatable bonds is 3. The molecule has 0 unspecified atom stereocenters. The van der Waals surface area contributed by atoms with Crippen LogP contribution in [0.3, 0.4) is 0 Å². The third-order valence-corrected chi connectivity index (χ3v) is 6.98. The Morgan fingerprint density at radius 2 is 1.79 bits per heavy atom. The van der Waals surface area contributed by atoms with E-state index in [-0.39, 0.29) is 41.1 Å². The van der Waals surface area contributed by atoms with Gasteiger partial charge in [-0.3, -0.25) is 24.1 Å². The van der Waals surface area contributed by atoms with Crippen LogP contribution in [0.5, 0.6) is 5.75 Å². The number of likely N-dealkylation sites (N-methyl/N-ethyl adjacent to an activating group) is 1. The predicted molar refractivity (Wildman–Crippen MR) is 114 cm³/mol. The summed E-state index contributed by atoms with van der Waals surface area (Å²) in [5.74, 6) is -7.48. The summed E-state index contributed by atoms with van der Waals surface area (Å²) < 4.78 is 0. The maximum atomic E-state index is 13.6. The van der Waals surface area contributed by atoms with E-state index in [2.05, 4.69) is 0 Å². The number of phenols is 1. The second kappa shape index (κ2) is 7.26. The summed E-state index contributed by atoms with van der Waals surface area (Å²) in [7, 11) is 3.05. The number of nitrogens with zero attached hydrogens (tertiary/aromatic N) is 1. The van der Waals surface area contributed by atoms with Crippen molar-refractivity contribution < 1.29 is 39.6 Å². The lowest BCUT2D eigenvalue weighted by Crippen LogP contribution is -2.65. The molecule has 0 saturated heterocycles. The molecular formula is C23H24N2O8. The molecule has 1 aromatic carbocycles. The largest absolute Gasteiger partial charge is 0.508 e. The first kappa shape index (κ1) is 22.7. The minimum atomic E-state index is -2.68. The number of nitrogens with two attached hydrogens (primary N) is 1. The summed E-state index contributed by atoms with van der Waals surface area (Å²) in [5.41, 5.74) is 2.01. The third-order valence-electron chi connectivity index (χ3n) is 6.98. The summed E-state index contributed by atoms with van der Waals surface area (Å²) >= 11 is 0. The Hall–Kier alpha value is -3.50. The number of ketones is 3. The number of carbonyl (C=O) groups excluding carboxylic acids is 4. The van der Waals surface area contributed by atoms with E-state index in [1.807, 2.05) is 0 Å². The molecule has 4 atom stereocenters. The van der Waals surface area contributed by atoms with Crippen LogP contribution in [0.2, 0.25) is 0 Å². The maximum absolute atomic E-state index is 13.6. The van der Waals surface area contributed by atoms with Crippen molar-refractivity contribution in [3.8, 4) is 5.75 Å². The average Bonchev–Trinajstić information content (AvgIpc) is 2.70. The Bertz CT molecular complexity index is 1210. The van der Waals surface area contributed by atoms with Crippen LogP contribution in [-0.4, -0.2) is 74.3 Å². The highest BCUT2D eigenvalue weighted by molar-refractivity contribution is 6.24. The number of Topliss-reactive ketones (excluding diaryl/α,β-unsaturated/α-hetero) is 3. The Morgan fingerprint density at radius 1 is 1.15 bits per heavy atom. The van der Waals surface area contributed by atoms with E-state index < -0.39 is 58.0 Å². The normalized spacial score (nSPS) is 29.1. The smallest absolute Gasteiger partial charge is 0.255 e. The lowest BCUT2D eigenvalue weighted by molar-refractivity contribution is -0.153. The first-order valence-corrected chi connectivity index (χ1v) is 10.3. The van der Waals surface area contributed by atoms with Crippen LogP contribution in [-0.2, 0) is 20.8 Å². The van der Waals surface area contributed by atoms with Gasteiger partial charge >= 0.3 is 0 Å². The minimum Gasteiger partial charge on any atom is -0.508 e. The number of carbonyl (C=O) groups is 4. The van der Waals surface area contributed by atoms with Crippen LogP contribution in [0.4, 0.5) is 0 Å². The molecule has 1 fully saturated rings. The fourth-order valence-corrected chi connectivity index (χ4v) is 5.57. The van der Waals surface area contributed by atoms with Crippen LogP contribution >= 0.6 is 0 Å². The van der Waals surface area contributed by atoms with Gasteiger partial charge in [0, 0.05) is 17.1 Å². The zero-order valence-corrected chi connectivity index (χ0v) is 18.2. The number of hydrogen-bond donors (Lipinski definition) is 5. The number of aliphatic hydroxyl groups is 3. The Balaban J connectivity index is 2.00. The van der Waals surface area contributed by atoms with Gasteiger partial charge in [-0.25, -0.2) is 0 Å². The van der Waals surface area contributed by atoms with Crippen molar-refractivity contribution in [2.45, 2.75) is 31.4 Å². The molecule has 0 bridgehead atoms. The van der Waals surface area contributed by atoms with Crippen LogP contribution in [0.25, 0.3) is 5.76 Å². The standard InChI is InChI=1S/C23H24N2O8/c1-8(26)10-4-5-13(27)15-11(10)6-9-7-12-17(25(2)3)19(29)16(22(24)32)21(31)23(12,33)20(30)14(9)18(15)28/h4-5,9,12,17,27-28,31,33H,6-7H2,1-3H3,(H2,24,32)/t9-,12-,17-,23-/m1/s1. The summed E-state index contributed by atoms with van der Waals surface area (Å²) in [6.45, 7) is 1.34. The van der Waals surface area contributed by atoms with Gasteiger partial charge in [-0.1, -0.05) is 0 Å². The SMILES string of the molecule is CC(=O)c1ccc(O)c2c1C[C@@H]1C[C@@H]3[C@@H](N(C)C)C(=O)C(C(N)=O)=C(O)[C@]3(O)C(=O)C1=C2O. The van der Waals surface area contributed by atoms with Gasteiger partial charge in [0.1, 0.15) is 22.8 Å². The lowest BCUT2D eigenvalue weighted by Gasteiger charge is -2.50. The first-order valence-electron chi connectivity index (χ1n) is 10.3. The van der Waals surface area contributed by atoms with E-state index in [0.29, 0.717) is 5.56 Å². The number of phenolic OH excluding ortho intramolecular Hbond substituents is 1. The molecule has 0 aromatic heterocycles. The molecule has 3 aliphatic carbocycles. The van der Waals surface area contributed by atoms with E-state index in [9.17, 15) is 39.6 Å². The molecule has 174 valence electrons. The van der Waals surface area contributed by atoms with Crippen molar-refractivity contribution in [1.29, 1.82) is 0 Å². The van der Waals surface area contributed by atoms with Crippen molar-refractivity contribution >= 4 is 29.0 Å². The number of aliphatic hydroxyl groups excluding tert-OH is 2. The van der Waals surface area contributed by atoms with Crippen molar-refractivity contribution in [3.63, 3.8) is 0 Å². The van der Waals surface area contributed by atoms with Crippen molar-refractivity contribution in [3.05, 3.63) is 45.7 Å². The van der Waals surface area contributed by atoms with Crippen LogP contribution in [0.1, 0.15) is 34.8 Å². The van der Waals surface area contributed by atoms with Crippen LogP contribution < -0.4 is 5.73 Å². The molecule has 6 N–H and O–H groups in total. The molecule has 1 aromatic rings. The molecule has 0 spiro atoms. The van der Waals surface area contributed by atoms with Crippen molar-refractivity contribution in [2.75, 3.05) is 14.1 Å². The highest BCUT2D eigenvalue weighted by Crippen LogP contribution is 2.52. The van der Waals surface area contributed by atoms with Gasteiger partial charge < -0.3 is 26.2 Å². The maximum Gasteiger partial charge on any atom is 0.255 e. The number of amides is 1. The summed E-state index contributed by atoms with van der Waals surface area (Å²) in [6.07, 6.45) is 0.0522. The molecule has 4 rings (SSSR count). The molecule has 1 saturated carbocycles. The van der Waals surface area contributed by atoms with E-state index in [1.165, 1.54) is 38.1 Å². The number of benzene rings is 1. The van der Waals surface area contributed by atoms with Gasteiger partial charge in [0.25, 0.3) is 5.91 Å². The first-order chi connectivity index (χ1) is 15.3. The van der Waals surface area contributed by atoms with Gasteiger partial charge in [0.2, 0.25) is 5.78 Å². The van der Waals surface area contributed by atoms with Crippen molar-refractivity contribution in [1.82, 2.24) is 4.90 Å². The second-order valence-corrected chi connectivity index (χ2v) is 9.00. The molecule has 1 amide bonds. The van der Waals surface area contributed by atoms with E-state index in [4.69, 9.17) is 5.73 Å². The number of fused-ring (bicyclic) bond motifs is 3. The number of hydrogen-bond acceptors (Lipinski definition) is 9. The number of primary amides is 1. The van der Waals surface area contributed by atoms with Crippen LogP contribution in [0, 0.1) is 11.8 Å². The fraction of sp³-hybridized carbons (Fsp3) is 0.391. The van der Waals surface area contributed by atoms with E-state index in [1.54, 1.807) is 0 Å². The number of aromatic hydroxyl groups is 1. The molecule has 0 heterocycles. The molecule has 33 heavy (non-hydrogen) atoms. The van der Waals surface area contributed by atoms with E-state index in [0.717, 1.165) is 0 Å². The van der Waals surface area contributed by atoms with Gasteiger partial charge in [-0.2, -0.15) is 0 Å². The van der Waals surface area contributed by atoms with Gasteiger partial charge in [-0.15, -0.1) is 0 Å². The zero-order valence-electron chi connectivity index (χ0n) is 18.2. The predicted octanol–water partition coefficient (Wildman–Crippen LogP) is 0.167. The van der Waals surface area contributed by atoms with Gasteiger partial charge in [0.05, 0.1) is 11.6 Å². The molecule has 0 radical (unpaired) electrons. The van der Waals surface area contributed by atoms with E-state index >= 15 is 0 Å². The van der Waals surface area contributed by atoms with Crippen molar-refractivity contribution in [2.24, 2.45) is 17.6 Å². The zero-order chi connectivity index (χ0) is 24.6. The summed E-state index contributed by atoms with van der Waals surface area (Å²) in [4.78, 5) is 52.2. The van der Waals surface area contributed by atoms with Gasteiger partial charge in [0.15, 0.2) is 17.2 Å². The highest BCUT2D eigenvalue weighted by atomic mass is 16.3. The molecule has 0 aliphatic heterocycles. The fourth-order valence-electron chi connectivity index (χ4n) is 5.57. The lowest BCUT2D eigenvalue weighted by atomic mass is 9.57. The third kappa shape index (κ3) is 2.87. The Morgan fingerprint density at radius 3 is 2.33 bits per heavy atom. The summed E-state index contributed by atoms with van der Waals surface area (Å²) in [6, 6.07) is 1.50. The second-order valence-electron chi connectivity index (χ2n) is 9.00. The topological polar surface area (TPSA) is 178 Å². The Labute approximate surface area is 188 Å².